The van der Waals surface area contributed by atoms with Crippen LogP contribution in [0.25, 0.3) is 0 Å². The first kappa shape index (κ1) is 23.6. The molecule has 4 rings (SSSR count). The highest BCUT2D eigenvalue weighted by Gasteiger charge is 2.30. The first-order valence-electron chi connectivity index (χ1n) is 11.7. The molecule has 3 N–H and O–H groups in total. The minimum atomic E-state index is -3.85. The molecule has 1 aliphatic carbocycles. The smallest absolute Gasteiger partial charge is 0.329 e. The SMILES string of the molecule is O=C(NC1CCCCC1)NS(=O)(=O)N1CCC(CCNC(=O)c2ccc3c(c2)OCO3)CC1. The van der Waals surface area contributed by atoms with Crippen LogP contribution < -0.4 is 24.8 Å². The summed E-state index contributed by atoms with van der Waals surface area (Å²) in [4.78, 5) is 24.5. The van der Waals surface area contributed by atoms with E-state index in [1.54, 1.807) is 18.2 Å². The fourth-order valence-electron chi connectivity index (χ4n) is 4.61. The quantitative estimate of drug-likeness (QED) is 0.549. The summed E-state index contributed by atoms with van der Waals surface area (Å²) in [5.74, 6) is 1.33. The Bertz CT molecular complexity index is 956. The van der Waals surface area contributed by atoms with E-state index in [9.17, 15) is 18.0 Å². The Balaban J connectivity index is 1.16. The van der Waals surface area contributed by atoms with Crippen molar-refractivity contribution in [3.8, 4) is 11.5 Å². The van der Waals surface area contributed by atoms with Gasteiger partial charge in [-0.25, -0.2) is 9.52 Å². The van der Waals surface area contributed by atoms with Gasteiger partial charge >= 0.3 is 16.2 Å². The second-order valence-corrected chi connectivity index (χ2v) is 10.5. The van der Waals surface area contributed by atoms with Crippen LogP contribution in [0.2, 0.25) is 0 Å². The third-order valence-electron chi connectivity index (χ3n) is 6.55. The van der Waals surface area contributed by atoms with Gasteiger partial charge in [0.05, 0.1) is 0 Å². The highest BCUT2D eigenvalue weighted by atomic mass is 32.2. The van der Waals surface area contributed by atoms with Crippen LogP contribution in [0, 0.1) is 5.92 Å². The van der Waals surface area contributed by atoms with Gasteiger partial charge in [-0.2, -0.15) is 12.7 Å². The summed E-state index contributed by atoms with van der Waals surface area (Å²) >= 11 is 0. The van der Waals surface area contributed by atoms with Crippen LogP contribution >= 0.6 is 0 Å². The summed E-state index contributed by atoms with van der Waals surface area (Å²) < 4.78 is 39.2. The fourth-order valence-corrected chi connectivity index (χ4v) is 5.73. The van der Waals surface area contributed by atoms with Crippen LogP contribution in [0.5, 0.6) is 11.5 Å². The molecule has 1 saturated carbocycles. The average molecular weight is 481 g/mol. The van der Waals surface area contributed by atoms with Crippen molar-refractivity contribution in [2.45, 2.75) is 57.4 Å². The van der Waals surface area contributed by atoms with Crippen LogP contribution in [-0.2, 0) is 10.2 Å². The molecule has 3 aliphatic rings. The molecule has 1 saturated heterocycles. The van der Waals surface area contributed by atoms with E-state index in [-0.39, 0.29) is 18.7 Å². The normalized spacial score (nSPS) is 19.8. The molecule has 1 aromatic rings. The molecule has 10 nitrogen and oxygen atoms in total. The molecule has 1 aromatic carbocycles. The lowest BCUT2D eigenvalue weighted by Crippen LogP contribution is -2.51. The van der Waals surface area contributed by atoms with Crippen LogP contribution in [0.1, 0.15) is 61.7 Å². The minimum absolute atomic E-state index is 0.0487. The van der Waals surface area contributed by atoms with Crippen molar-refractivity contribution in [1.82, 2.24) is 19.7 Å². The average Bonchev–Trinajstić information content (AvgIpc) is 3.27. The summed E-state index contributed by atoms with van der Waals surface area (Å²) in [7, 11) is -3.85. The molecule has 3 amide bonds. The van der Waals surface area contributed by atoms with Gasteiger partial charge in [0.15, 0.2) is 11.5 Å². The van der Waals surface area contributed by atoms with Gasteiger partial charge in [0.1, 0.15) is 0 Å². The molecule has 33 heavy (non-hydrogen) atoms. The fraction of sp³-hybridized carbons (Fsp3) is 0.636. The van der Waals surface area contributed by atoms with Crippen molar-refractivity contribution < 1.29 is 27.5 Å². The van der Waals surface area contributed by atoms with E-state index in [1.807, 2.05) is 0 Å². The van der Waals surface area contributed by atoms with Crippen molar-refractivity contribution in [1.29, 1.82) is 0 Å². The maximum absolute atomic E-state index is 12.6. The molecule has 2 fully saturated rings. The Hall–Kier alpha value is -2.53. The van der Waals surface area contributed by atoms with Gasteiger partial charge in [0.25, 0.3) is 5.91 Å². The molecule has 0 aromatic heterocycles. The van der Waals surface area contributed by atoms with Crippen molar-refractivity contribution in [2.24, 2.45) is 5.92 Å². The first-order valence-corrected chi connectivity index (χ1v) is 13.1. The Morgan fingerprint density at radius 3 is 2.48 bits per heavy atom. The standard InChI is InChI=1S/C22H32N4O6S/c27-21(17-6-7-19-20(14-17)32-15-31-19)23-11-8-16-9-12-26(13-10-16)33(29,30)25-22(28)24-18-4-2-1-3-5-18/h6-7,14,16,18H,1-5,8-13,15H2,(H,23,27)(H2,24,25,28). The minimum Gasteiger partial charge on any atom is -0.454 e. The Labute approximate surface area is 194 Å². The maximum atomic E-state index is 12.6. The number of carbonyl (C=O) groups excluding carboxylic acids is 2. The molecule has 0 radical (unpaired) electrons. The summed E-state index contributed by atoms with van der Waals surface area (Å²) in [6.45, 7) is 1.38. The highest BCUT2D eigenvalue weighted by molar-refractivity contribution is 7.87. The van der Waals surface area contributed by atoms with E-state index in [4.69, 9.17) is 9.47 Å². The van der Waals surface area contributed by atoms with Gasteiger partial charge in [-0.15, -0.1) is 0 Å². The monoisotopic (exact) mass is 480 g/mol. The van der Waals surface area contributed by atoms with Gasteiger partial charge in [-0.05, 0) is 56.2 Å². The number of nitrogens with zero attached hydrogens (tertiary/aromatic N) is 1. The largest absolute Gasteiger partial charge is 0.454 e. The highest BCUT2D eigenvalue weighted by Crippen LogP contribution is 2.32. The number of amides is 3. The van der Waals surface area contributed by atoms with Gasteiger partial charge in [0.2, 0.25) is 6.79 Å². The van der Waals surface area contributed by atoms with Crippen LogP contribution in [0.4, 0.5) is 4.79 Å². The zero-order chi connectivity index (χ0) is 23.3. The second-order valence-electron chi connectivity index (χ2n) is 8.87. The Morgan fingerprint density at radius 1 is 1.00 bits per heavy atom. The third kappa shape index (κ3) is 6.29. The number of rotatable bonds is 7. The molecule has 2 heterocycles. The summed E-state index contributed by atoms with van der Waals surface area (Å²) in [5, 5.41) is 5.69. The number of carbonyl (C=O) groups is 2. The number of hydrogen-bond acceptors (Lipinski definition) is 6. The van der Waals surface area contributed by atoms with Crippen LogP contribution in [0.15, 0.2) is 18.2 Å². The van der Waals surface area contributed by atoms with E-state index in [1.165, 1.54) is 4.31 Å². The summed E-state index contributed by atoms with van der Waals surface area (Å²) in [6, 6.07) is 4.49. The molecule has 0 atom stereocenters. The topological polar surface area (TPSA) is 126 Å². The maximum Gasteiger partial charge on any atom is 0.329 e. The Kier molecular flexibility index (Phi) is 7.59. The van der Waals surface area contributed by atoms with Crippen molar-refractivity contribution >= 4 is 22.1 Å². The lowest BCUT2D eigenvalue weighted by Gasteiger charge is -2.31. The number of fused-ring (bicyclic) bond motifs is 1. The molecule has 11 heteroatoms. The predicted molar refractivity (Wildman–Crippen MR) is 121 cm³/mol. The van der Waals surface area contributed by atoms with Crippen LogP contribution in [0.3, 0.4) is 0 Å². The Morgan fingerprint density at radius 2 is 1.73 bits per heavy atom. The zero-order valence-corrected chi connectivity index (χ0v) is 19.5. The molecule has 2 aliphatic heterocycles. The van der Waals surface area contributed by atoms with Gasteiger partial charge in [-0.1, -0.05) is 19.3 Å². The van der Waals surface area contributed by atoms with E-state index in [2.05, 4.69) is 15.4 Å². The van der Waals surface area contributed by atoms with Crippen molar-refractivity contribution in [2.75, 3.05) is 26.4 Å². The molecular weight excluding hydrogens is 448 g/mol. The third-order valence-corrected chi connectivity index (χ3v) is 8.04. The first-order chi connectivity index (χ1) is 15.9. The lowest BCUT2D eigenvalue weighted by molar-refractivity contribution is 0.0949. The zero-order valence-electron chi connectivity index (χ0n) is 18.7. The van der Waals surface area contributed by atoms with E-state index in [0.29, 0.717) is 55.5 Å². The molecule has 0 unspecified atom stereocenters. The number of urea groups is 1. The predicted octanol–water partition coefficient (Wildman–Crippen LogP) is 2.12. The molecule has 0 bridgehead atoms. The molecule has 0 spiro atoms. The van der Waals surface area contributed by atoms with Crippen molar-refractivity contribution in [3.05, 3.63) is 23.8 Å². The summed E-state index contributed by atoms with van der Waals surface area (Å²) in [5.41, 5.74) is 0.512. The number of ether oxygens (including phenoxy) is 2. The van der Waals surface area contributed by atoms with Gasteiger partial charge in [-0.3, -0.25) is 4.79 Å². The van der Waals surface area contributed by atoms with E-state index < -0.39 is 16.2 Å². The van der Waals surface area contributed by atoms with E-state index in [0.717, 1.165) is 38.5 Å². The molecule has 182 valence electrons. The number of benzene rings is 1. The number of piperidine rings is 1. The van der Waals surface area contributed by atoms with E-state index >= 15 is 0 Å². The summed E-state index contributed by atoms with van der Waals surface area (Å²) in [6.07, 6.45) is 7.20. The number of hydrogen-bond donors (Lipinski definition) is 3. The lowest BCUT2D eigenvalue weighted by atomic mass is 9.95. The second kappa shape index (κ2) is 10.6. The van der Waals surface area contributed by atoms with Crippen LogP contribution in [-0.4, -0.2) is 57.1 Å². The number of nitrogens with one attached hydrogen (secondary N) is 3. The van der Waals surface area contributed by atoms with Gasteiger partial charge in [0, 0.05) is 31.2 Å². The van der Waals surface area contributed by atoms with Gasteiger partial charge < -0.3 is 20.1 Å². The van der Waals surface area contributed by atoms with Crippen molar-refractivity contribution in [3.63, 3.8) is 0 Å². The molecular formula is C22H32N4O6S.